The average molecular weight is 516 g/mol. The summed E-state index contributed by atoms with van der Waals surface area (Å²) in [6.07, 6.45) is 0.820. The van der Waals surface area contributed by atoms with Crippen LogP contribution in [0.2, 0.25) is 5.02 Å². The third kappa shape index (κ3) is 4.27. The van der Waals surface area contributed by atoms with E-state index in [-0.39, 0.29) is 36.4 Å². The molecule has 2 N–H and O–H groups in total. The largest absolute Gasteiger partial charge is 0.345 e. The lowest BCUT2D eigenvalue weighted by Crippen LogP contribution is -2.50. The normalized spacial score (nSPS) is 19.6. The fourth-order valence-electron chi connectivity index (χ4n) is 4.02. The van der Waals surface area contributed by atoms with Crippen molar-refractivity contribution in [2.24, 2.45) is 0 Å². The van der Waals surface area contributed by atoms with Gasteiger partial charge in [0.25, 0.3) is 15.9 Å². The van der Waals surface area contributed by atoms with Crippen LogP contribution in [-0.2, 0) is 23.0 Å². The van der Waals surface area contributed by atoms with E-state index in [1.165, 1.54) is 15.6 Å². The highest BCUT2D eigenvalue weighted by Crippen LogP contribution is 2.27. The molecule has 3 aromatic rings. The number of nitrogens with zero attached hydrogens (tertiary/aromatic N) is 3. The molecule has 1 fully saturated rings. The summed E-state index contributed by atoms with van der Waals surface area (Å²) in [6.45, 7) is 4.00. The van der Waals surface area contributed by atoms with Gasteiger partial charge in [-0.3, -0.25) is 4.79 Å². The van der Waals surface area contributed by atoms with E-state index >= 15 is 0 Å². The summed E-state index contributed by atoms with van der Waals surface area (Å²) in [6, 6.07) is 7.16. The molecule has 0 spiro atoms. The number of halogens is 2. The molecule has 1 unspecified atom stereocenters. The molecule has 1 amide bonds. The zero-order valence-corrected chi connectivity index (χ0v) is 20.5. The molecule has 5 rings (SSSR count). The highest BCUT2D eigenvalue weighted by atomic mass is 35.5. The maximum atomic E-state index is 13.1. The fourth-order valence-corrected chi connectivity index (χ4v) is 6.65. The molecule has 172 valence electrons. The van der Waals surface area contributed by atoms with Crippen LogP contribution in [0.3, 0.4) is 0 Å². The van der Waals surface area contributed by atoms with Crippen molar-refractivity contribution in [3.8, 4) is 0 Å². The summed E-state index contributed by atoms with van der Waals surface area (Å²) in [5.74, 6) is -0.121. The van der Waals surface area contributed by atoms with Crippen molar-refractivity contribution in [2.75, 3.05) is 26.2 Å². The Balaban J connectivity index is 0.00000245. The smallest absolute Gasteiger partial charge is 0.282 e. The molecule has 2 aromatic heterocycles. The van der Waals surface area contributed by atoms with Crippen LogP contribution < -0.4 is 5.32 Å². The molecule has 12 heteroatoms. The van der Waals surface area contributed by atoms with E-state index in [4.69, 9.17) is 11.6 Å². The molecule has 0 radical (unpaired) electrons. The van der Waals surface area contributed by atoms with E-state index in [1.54, 1.807) is 29.2 Å². The number of benzene rings is 1. The van der Waals surface area contributed by atoms with Crippen LogP contribution in [0.25, 0.3) is 10.9 Å². The first-order valence-electron chi connectivity index (χ1n) is 10.1. The molecule has 0 aliphatic carbocycles. The number of carbonyl (C=O) groups is 1. The minimum Gasteiger partial charge on any atom is -0.345 e. The number of sulfonamides is 1. The van der Waals surface area contributed by atoms with Gasteiger partial charge < -0.3 is 15.2 Å². The zero-order chi connectivity index (χ0) is 21.8. The molecule has 2 aliphatic heterocycles. The Morgan fingerprint density at radius 2 is 1.97 bits per heavy atom. The number of rotatable bonds is 3. The molecule has 2 aliphatic rings. The minimum absolute atomic E-state index is 0. The molecule has 1 atom stereocenters. The van der Waals surface area contributed by atoms with Gasteiger partial charge in [0.05, 0.1) is 5.69 Å². The molecular formula is C20H23Cl2N5O3S2. The van der Waals surface area contributed by atoms with Gasteiger partial charge in [-0.15, -0.1) is 23.7 Å². The van der Waals surface area contributed by atoms with Gasteiger partial charge in [-0.1, -0.05) is 11.6 Å². The van der Waals surface area contributed by atoms with Crippen LogP contribution in [0.5, 0.6) is 0 Å². The van der Waals surface area contributed by atoms with Gasteiger partial charge >= 0.3 is 0 Å². The molecule has 0 bridgehead atoms. The zero-order valence-electron chi connectivity index (χ0n) is 17.3. The van der Waals surface area contributed by atoms with E-state index in [9.17, 15) is 13.2 Å². The number of hydrogen-bond donors (Lipinski definition) is 2. The Morgan fingerprint density at radius 3 is 2.72 bits per heavy atom. The summed E-state index contributed by atoms with van der Waals surface area (Å²) in [4.78, 5) is 23.3. The van der Waals surface area contributed by atoms with Crippen LogP contribution in [0.15, 0.2) is 29.3 Å². The predicted octanol–water partition coefficient (Wildman–Crippen LogP) is 2.88. The number of hydrogen-bond acceptors (Lipinski definition) is 6. The molecule has 0 saturated carbocycles. The van der Waals surface area contributed by atoms with Gasteiger partial charge in [-0.25, -0.2) is 13.4 Å². The second-order valence-electron chi connectivity index (χ2n) is 7.94. The third-order valence-electron chi connectivity index (χ3n) is 5.77. The predicted molar refractivity (Wildman–Crippen MR) is 127 cm³/mol. The van der Waals surface area contributed by atoms with Crippen molar-refractivity contribution >= 4 is 62.2 Å². The molecule has 1 aromatic carbocycles. The van der Waals surface area contributed by atoms with Crippen LogP contribution in [0, 0.1) is 0 Å². The van der Waals surface area contributed by atoms with Crippen molar-refractivity contribution in [3.63, 3.8) is 0 Å². The molecule has 32 heavy (non-hydrogen) atoms. The number of fused-ring (bicyclic) bond motifs is 2. The van der Waals surface area contributed by atoms with E-state index in [1.807, 2.05) is 0 Å². The number of amides is 1. The average Bonchev–Trinajstić information content (AvgIpc) is 3.37. The van der Waals surface area contributed by atoms with Crippen molar-refractivity contribution in [3.05, 3.63) is 44.9 Å². The van der Waals surface area contributed by atoms with Gasteiger partial charge in [0.2, 0.25) is 0 Å². The number of thiazole rings is 1. The van der Waals surface area contributed by atoms with Gasteiger partial charge in [0, 0.05) is 66.0 Å². The second-order valence-corrected chi connectivity index (χ2v) is 11.4. The SMILES string of the molecule is CC1Cc2nc(C(=O)N3CCN(S(=O)(=O)c4cc5cc(Cl)ccc5[nH]4)CC3)sc2CN1.Cl. The highest BCUT2D eigenvalue weighted by molar-refractivity contribution is 7.89. The minimum atomic E-state index is -3.68. The number of carbonyl (C=O) groups excluding carboxylic acids is 1. The van der Waals surface area contributed by atoms with E-state index in [0.717, 1.165) is 28.9 Å². The summed E-state index contributed by atoms with van der Waals surface area (Å²) < 4.78 is 27.6. The number of H-pyrrole nitrogens is 1. The molecule has 8 nitrogen and oxygen atoms in total. The lowest BCUT2D eigenvalue weighted by molar-refractivity contribution is 0.0697. The topological polar surface area (TPSA) is 98.4 Å². The van der Waals surface area contributed by atoms with Gasteiger partial charge in [-0.2, -0.15) is 4.31 Å². The van der Waals surface area contributed by atoms with Crippen LogP contribution in [0.1, 0.15) is 27.3 Å². The second kappa shape index (κ2) is 8.92. The number of aromatic nitrogens is 2. The Kier molecular flexibility index (Phi) is 6.54. The standard InChI is InChI=1S/C20H22ClN5O3S2.ClH/c1-12-8-16-17(11-22-12)30-19(24-16)20(27)25-4-6-26(7-5-25)31(28,29)18-10-13-9-14(21)2-3-15(13)23-18;/h2-3,9-10,12,22-23H,4-8,11H2,1H3;1H. The molecular weight excluding hydrogens is 493 g/mol. The van der Waals surface area contributed by atoms with E-state index < -0.39 is 10.0 Å². The van der Waals surface area contributed by atoms with Crippen LogP contribution in [0.4, 0.5) is 0 Å². The first-order valence-corrected chi connectivity index (χ1v) is 12.7. The Hall–Kier alpha value is -1.69. The highest BCUT2D eigenvalue weighted by Gasteiger charge is 2.33. The maximum Gasteiger partial charge on any atom is 0.282 e. The summed E-state index contributed by atoms with van der Waals surface area (Å²) >= 11 is 7.44. The Bertz CT molecular complexity index is 1270. The number of aromatic amines is 1. The third-order valence-corrected chi connectivity index (χ3v) is 8.91. The lowest BCUT2D eigenvalue weighted by atomic mass is 10.1. The summed E-state index contributed by atoms with van der Waals surface area (Å²) in [7, 11) is -3.68. The van der Waals surface area contributed by atoms with Crippen LogP contribution in [-0.4, -0.2) is 65.7 Å². The monoisotopic (exact) mass is 515 g/mol. The summed E-state index contributed by atoms with van der Waals surface area (Å²) in [5, 5.41) is 5.31. The number of nitrogens with one attached hydrogen (secondary N) is 2. The quantitative estimate of drug-likeness (QED) is 0.558. The van der Waals surface area contributed by atoms with Crippen molar-refractivity contribution < 1.29 is 13.2 Å². The Morgan fingerprint density at radius 1 is 1.22 bits per heavy atom. The van der Waals surface area contributed by atoms with Crippen molar-refractivity contribution in [1.82, 2.24) is 24.5 Å². The Labute approximate surface area is 201 Å². The fraction of sp³-hybridized carbons (Fsp3) is 0.400. The first kappa shape index (κ1) is 23.5. The van der Waals surface area contributed by atoms with E-state index in [2.05, 4.69) is 22.2 Å². The first-order chi connectivity index (χ1) is 14.8. The van der Waals surface area contributed by atoms with E-state index in [0.29, 0.717) is 34.7 Å². The van der Waals surface area contributed by atoms with Crippen LogP contribution >= 0.6 is 35.3 Å². The van der Waals surface area contributed by atoms with Crippen molar-refractivity contribution in [1.29, 1.82) is 0 Å². The molecule has 4 heterocycles. The van der Waals surface area contributed by atoms with Crippen molar-refractivity contribution in [2.45, 2.75) is 31.0 Å². The van der Waals surface area contributed by atoms with Gasteiger partial charge in [0.1, 0.15) is 5.03 Å². The number of piperazine rings is 1. The van der Waals surface area contributed by atoms with Gasteiger partial charge in [0.15, 0.2) is 5.01 Å². The molecule has 1 saturated heterocycles. The maximum absolute atomic E-state index is 13.1. The summed E-state index contributed by atoms with van der Waals surface area (Å²) in [5.41, 5.74) is 1.72. The lowest BCUT2D eigenvalue weighted by Gasteiger charge is -2.33. The van der Waals surface area contributed by atoms with Gasteiger partial charge in [-0.05, 0) is 31.2 Å².